The Morgan fingerprint density at radius 3 is 2.58 bits per heavy atom. The summed E-state index contributed by atoms with van der Waals surface area (Å²) in [5, 5.41) is 8.09. The third-order valence-electron chi connectivity index (χ3n) is 3.03. The number of carbonyl (C=O) groups excluding carboxylic acids is 2. The summed E-state index contributed by atoms with van der Waals surface area (Å²) in [5.41, 5.74) is 1.11. The van der Waals surface area contributed by atoms with Crippen molar-refractivity contribution in [2.24, 2.45) is 0 Å². The van der Waals surface area contributed by atoms with Gasteiger partial charge in [-0.15, -0.1) is 0 Å². The predicted octanol–water partition coefficient (Wildman–Crippen LogP) is 1.33. The van der Waals surface area contributed by atoms with Crippen molar-refractivity contribution in [2.45, 2.75) is 31.8 Å². The molecule has 102 valence electrons. The van der Waals surface area contributed by atoms with Crippen LogP contribution in [-0.4, -0.2) is 24.5 Å². The Balaban J connectivity index is 1.69. The minimum atomic E-state index is -0.401. The van der Waals surface area contributed by atoms with Crippen LogP contribution in [0.3, 0.4) is 0 Å². The van der Waals surface area contributed by atoms with E-state index in [1.807, 2.05) is 37.3 Å². The van der Waals surface area contributed by atoms with E-state index in [4.69, 9.17) is 0 Å². The Morgan fingerprint density at radius 2 is 1.95 bits per heavy atom. The predicted molar refractivity (Wildman–Crippen MR) is 72.6 cm³/mol. The van der Waals surface area contributed by atoms with Crippen LogP contribution in [0.15, 0.2) is 30.3 Å². The summed E-state index contributed by atoms with van der Waals surface area (Å²) >= 11 is 0. The van der Waals surface area contributed by atoms with E-state index in [0.717, 1.165) is 18.4 Å². The number of hydrogen-bond acceptors (Lipinski definition) is 3. The van der Waals surface area contributed by atoms with Gasteiger partial charge in [0.05, 0.1) is 6.54 Å². The van der Waals surface area contributed by atoms with E-state index >= 15 is 0 Å². The SMILES string of the molecule is C[C@H](NCC(=O)NC(=O)NC1CC1)c1ccccc1. The van der Waals surface area contributed by atoms with E-state index in [0.29, 0.717) is 0 Å². The number of hydrogen-bond donors (Lipinski definition) is 3. The molecule has 19 heavy (non-hydrogen) atoms. The fourth-order valence-corrected chi connectivity index (χ4v) is 1.73. The van der Waals surface area contributed by atoms with Crippen molar-refractivity contribution < 1.29 is 9.59 Å². The molecule has 1 atom stereocenters. The molecular weight excluding hydrogens is 242 g/mol. The van der Waals surface area contributed by atoms with Gasteiger partial charge in [0, 0.05) is 12.1 Å². The maximum Gasteiger partial charge on any atom is 0.321 e. The van der Waals surface area contributed by atoms with Crippen LogP contribution in [0, 0.1) is 0 Å². The minimum absolute atomic E-state index is 0.0680. The van der Waals surface area contributed by atoms with Gasteiger partial charge in [-0.1, -0.05) is 30.3 Å². The molecule has 0 bridgehead atoms. The van der Waals surface area contributed by atoms with Gasteiger partial charge in [-0.05, 0) is 25.3 Å². The second kappa shape index (κ2) is 6.33. The molecule has 1 aliphatic carbocycles. The molecule has 0 heterocycles. The van der Waals surface area contributed by atoms with Crippen LogP contribution in [0.5, 0.6) is 0 Å². The molecule has 0 spiro atoms. The van der Waals surface area contributed by atoms with Crippen LogP contribution in [0.1, 0.15) is 31.4 Å². The summed E-state index contributed by atoms with van der Waals surface area (Å²) in [5.74, 6) is -0.319. The van der Waals surface area contributed by atoms with Crippen LogP contribution < -0.4 is 16.0 Å². The topological polar surface area (TPSA) is 70.2 Å². The maximum atomic E-state index is 11.6. The second-order valence-electron chi connectivity index (χ2n) is 4.81. The molecule has 1 aliphatic rings. The molecule has 1 aromatic rings. The Hall–Kier alpha value is -1.88. The quantitative estimate of drug-likeness (QED) is 0.749. The molecule has 5 nitrogen and oxygen atoms in total. The third kappa shape index (κ3) is 4.71. The highest BCUT2D eigenvalue weighted by molar-refractivity contribution is 5.95. The molecule has 1 fully saturated rings. The van der Waals surface area contributed by atoms with Crippen LogP contribution in [0.25, 0.3) is 0 Å². The minimum Gasteiger partial charge on any atom is -0.335 e. The zero-order chi connectivity index (χ0) is 13.7. The lowest BCUT2D eigenvalue weighted by Crippen LogP contribution is -2.44. The summed E-state index contributed by atoms with van der Waals surface area (Å²) in [6.45, 7) is 2.10. The van der Waals surface area contributed by atoms with E-state index in [1.165, 1.54) is 0 Å². The van der Waals surface area contributed by atoms with Gasteiger partial charge in [-0.3, -0.25) is 10.1 Å². The molecule has 0 saturated heterocycles. The van der Waals surface area contributed by atoms with Crippen LogP contribution in [0.4, 0.5) is 4.79 Å². The Morgan fingerprint density at radius 1 is 1.26 bits per heavy atom. The summed E-state index contributed by atoms with van der Waals surface area (Å²) in [6.07, 6.45) is 2.01. The average molecular weight is 261 g/mol. The van der Waals surface area contributed by atoms with Crippen LogP contribution in [-0.2, 0) is 4.79 Å². The fraction of sp³-hybridized carbons (Fsp3) is 0.429. The van der Waals surface area contributed by atoms with Crippen LogP contribution in [0.2, 0.25) is 0 Å². The smallest absolute Gasteiger partial charge is 0.321 e. The first-order valence-electron chi connectivity index (χ1n) is 6.54. The number of imide groups is 1. The second-order valence-corrected chi connectivity index (χ2v) is 4.81. The molecule has 1 saturated carbocycles. The highest BCUT2D eigenvalue weighted by Gasteiger charge is 2.23. The lowest BCUT2D eigenvalue weighted by Gasteiger charge is -2.13. The van der Waals surface area contributed by atoms with E-state index in [2.05, 4.69) is 16.0 Å². The maximum absolute atomic E-state index is 11.6. The Bertz CT molecular complexity index is 443. The summed E-state index contributed by atoms with van der Waals surface area (Å²) in [4.78, 5) is 22.9. The van der Waals surface area contributed by atoms with Gasteiger partial charge in [0.25, 0.3) is 0 Å². The van der Waals surface area contributed by atoms with Crippen LogP contribution >= 0.6 is 0 Å². The fourth-order valence-electron chi connectivity index (χ4n) is 1.73. The molecule has 5 heteroatoms. The molecule has 0 aromatic heterocycles. The molecule has 3 amide bonds. The number of amides is 3. The lowest BCUT2D eigenvalue weighted by molar-refractivity contribution is -0.119. The first kappa shape index (κ1) is 13.5. The van der Waals surface area contributed by atoms with Crippen molar-refractivity contribution in [3.8, 4) is 0 Å². The lowest BCUT2D eigenvalue weighted by atomic mass is 10.1. The molecule has 0 radical (unpaired) electrons. The van der Waals surface area contributed by atoms with Gasteiger partial charge in [0.2, 0.25) is 5.91 Å². The van der Waals surface area contributed by atoms with Gasteiger partial charge < -0.3 is 10.6 Å². The van der Waals surface area contributed by atoms with Gasteiger partial charge in [0.15, 0.2) is 0 Å². The first-order valence-corrected chi connectivity index (χ1v) is 6.54. The summed E-state index contributed by atoms with van der Waals surface area (Å²) < 4.78 is 0. The standard InChI is InChI=1S/C14H19N3O2/c1-10(11-5-3-2-4-6-11)15-9-13(18)17-14(19)16-12-7-8-12/h2-6,10,12,15H,7-9H2,1H3,(H2,16,17,18,19)/t10-/m0/s1. The summed E-state index contributed by atoms with van der Waals surface area (Å²) in [6, 6.07) is 9.77. The van der Waals surface area contributed by atoms with Gasteiger partial charge in [-0.2, -0.15) is 0 Å². The number of benzene rings is 1. The number of carbonyl (C=O) groups is 2. The molecule has 2 rings (SSSR count). The molecule has 1 aromatic carbocycles. The number of rotatable bonds is 5. The van der Waals surface area contributed by atoms with Gasteiger partial charge >= 0.3 is 6.03 Å². The molecule has 0 aliphatic heterocycles. The van der Waals surface area contributed by atoms with Crippen molar-refractivity contribution in [3.63, 3.8) is 0 Å². The normalized spacial score (nSPS) is 15.6. The number of urea groups is 1. The van der Waals surface area contributed by atoms with Crippen molar-refractivity contribution in [2.75, 3.05) is 6.54 Å². The highest BCUT2D eigenvalue weighted by atomic mass is 16.2. The van der Waals surface area contributed by atoms with E-state index in [-0.39, 0.29) is 24.5 Å². The van der Waals surface area contributed by atoms with Gasteiger partial charge in [-0.25, -0.2) is 4.79 Å². The number of nitrogens with one attached hydrogen (secondary N) is 3. The average Bonchev–Trinajstić information content (AvgIpc) is 3.20. The summed E-state index contributed by atoms with van der Waals surface area (Å²) in [7, 11) is 0. The zero-order valence-corrected chi connectivity index (χ0v) is 11.0. The zero-order valence-electron chi connectivity index (χ0n) is 11.0. The Kier molecular flexibility index (Phi) is 4.52. The molecule has 0 unspecified atom stereocenters. The third-order valence-corrected chi connectivity index (χ3v) is 3.03. The highest BCUT2D eigenvalue weighted by Crippen LogP contribution is 2.18. The van der Waals surface area contributed by atoms with Gasteiger partial charge in [0.1, 0.15) is 0 Å². The van der Waals surface area contributed by atoms with Crippen molar-refractivity contribution in [3.05, 3.63) is 35.9 Å². The van der Waals surface area contributed by atoms with Crippen molar-refractivity contribution in [1.29, 1.82) is 0 Å². The van der Waals surface area contributed by atoms with Crippen molar-refractivity contribution >= 4 is 11.9 Å². The van der Waals surface area contributed by atoms with E-state index in [9.17, 15) is 9.59 Å². The molecular formula is C14H19N3O2. The first-order chi connectivity index (χ1) is 9.15. The molecule has 3 N–H and O–H groups in total. The van der Waals surface area contributed by atoms with Crippen molar-refractivity contribution in [1.82, 2.24) is 16.0 Å². The largest absolute Gasteiger partial charge is 0.335 e. The van der Waals surface area contributed by atoms with E-state index < -0.39 is 6.03 Å². The Labute approximate surface area is 112 Å². The monoisotopic (exact) mass is 261 g/mol. The van der Waals surface area contributed by atoms with E-state index in [1.54, 1.807) is 0 Å².